The van der Waals surface area contributed by atoms with Gasteiger partial charge in [0.1, 0.15) is 9.97 Å². The van der Waals surface area contributed by atoms with Crippen molar-refractivity contribution in [2.45, 2.75) is 10.3 Å². The molecule has 126 valence electrons. The van der Waals surface area contributed by atoms with Crippen LogP contribution >= 0.6 is 39.0 Å². The van der Waals surface area contributed by atoms with Crippen LogP contribution in [0.25, 0.3) is 0 Å². The summed E-state index contributed by atoms with van der Waals surface area (Å²) in [6.07, 6.45) is 1.63. The summed E-state index contributed by atoms with van der Waals surface area (Å²) >= 11 is 6.43. The molecule has 1 aliphatic rings. The molecule has 2 aromatic rings. The lowest BCUT2D eigenvalue weighted by Gasteiger charge is -2.33. The Morgan fingerprint density at radius 2 is 2.09 bits per heavy atom. The third-order valence-electron chi connectivity index (χ3n) is 3.64. The summed E-state index contributed by atoms with van der Waals surface area (Å²) in [7, 11) is -3.50. The minimum absolute atomic E-state index is 0.0796. The number of thioether (sulfide) groups is 1. The van der Waals surface area contributed by atoms with E-state index in [4.69, 9.17) is 4.42 Å². The average molecular weight is 437 g/mol. The van der Waals surface area contributed by atoms with E-state index in [0.717, 1.165) is 34.1 Å². The molecule has 0 aliphatic carbocycles. The molecule has 1 atom stereocenters. The summed E-state index contributed by atoms with van der Waals surface area (Å²) in [4.78, 5) is 2.28. The highest BCUT2D eigenvalue weighted by atomic mass is 79.9. The quantitative estimate of drug-likeness (QED) is 0.752. The molecule has 1 N–H and O–H groups in total. The summed E-state index contributed by atoms with van der Waals surface area (Å²) in [5, 5.41) is 0. The third-order valence-corrected chi connectivity index (χ3v) is 8.12. The molecule has 9 heteroatoms. The number of hydrogen-bond acceptors (Lipinski definition) is 6. The Labute approximate surface area is 152 Å². The molecule has 3 rings (SSSR count). The highest BCUT2D eigenvalue weighted by Crippen LogP contribution is 2.27. The molecule has 1 aliphatic heterocycles. The molecule has 1 fully saturated rings. The minimum atomic E-state index is -3.50. The van der Waals surface area contributed by atoms with Crippen molar-refractivity contribution in [3.05, 3.63) is 40.1 Å². The van der Waals surface area contributed by atoms with E-state index in [0.29, 0.717) is 10.8 Å². The lowest BCUT2D eigenvalue weighted by atomic mass is 10.2. The van der Waals surface area contributed by atoms with Crippen molar-refractivity contribution in [1.29, 1.82) is 0 Å². The molecule has 23 heavy (non-hydrogen) atoms. The fourth-order valence-electron chi connectivity index (χ4n) is 2.48. The molecule has 0 bridgehead atoms. The highest BCUT2D eigenvalue weighted by molar-refractivity contribution is 9.11. The summed E-state index contributed by atoms with van der Waals surface area (Å²) in [5.41, 5.74) is 0. The number of rotatable bonds is 6. The Hall–Kier alpha value is -0.320. The number of nitrogens with zero attached hydrogens (tertiary/aromatic N) is 1. The van der Waals surface area contributed by atoms with Crippen LogP contribution in [-0.2, 0) is 10.0 Å². The van der Waals surface area contributed by atoms with Crippen molar-refractivity contribution in [1.82, 2.24) is 9.62 Å². The standard InChI is InChI=1S/C14H17BrN2O3S3/c15-13-3-4-14(22-13)23(18,19)16-10-11(12-2-1-7-20-12)17-5-8-21-9-6-17/h1-4,7,11,16H,5-6,8-10H2. The zero-order chi connectivity index (χ0) is 16.3. The van der Waals surface area contributed by atoms with Crippen molar-refractivity contribution >= 4 is 49.1 Å². The molecule has 0 saturated carbocycles. The molecule has 1 saturated heterocycles. The molecule has 0 radical (unpaired) electrons. The number of furan rings is 1. The van der Waals surface area contributed by atoms with Gasteiger partial charge in [0.2, 0.25) is 10.0 Å². The van der Waals surface area contributed by atoms with Crippen LogP contribution in [-0.4, -0.2) is 44.5 Å². The molecule has 5 nitrogen and oxygen atoms in total. The molecular weight excluding hydrogens is 420 g/mol. The number of thiophene rings is 1. The first-order chi connectivity index (χ1) is 11.1. The van der Waals surface area contributed by atoms with Gasteiger partial charge in [0, 0.05) is 31.1 Å². The normalized spacial score (nSPS) is 18.1. The van der Waals surface area contributed by atoms with E-state index < -0.39 is 10.0 Å². The maximum absolute atomic E-state index is 12.4. The van der Waals surface area contributed by atoms with E-state index in [9.17, 15) is 8.42 Å². The van der Waals surface area contributed by atoms with Crippen molar-refractivity contribution in [3.63, 3.8) is 0 Å². The second kappa shape index (κ2) is 7.71. The Morgan fingerprint density at radius 1 is 1.30 bits per heavy atom. The van der Waals surface area contributed by atoms with Crippen molar-refractivity contribution in [3.8, 4) is 0 Å². The van der Waals surface area contributed by atoms with Crippen LogP contribution in [0.5, 0.6) is 0 Å². The predicted octanol–water partition coefficient (Wildman–Crippen LogP) is 3.17. The van der Waals surface area contributed by atoms with Gasteiger partial charge in [-0.3, -0.25) is 4.90 Å². The second-order valence-corrected chi connectivity index (χ2v) is 10.8. The van der Waals surface area contributed by atoms with Gasteiger partial charge in [0.05, 0.1) is 16.1 Å². The van der Waals surface area contributed by atoms with Gasteiger partial charge in [-0.15, -0.1) is 11.3 Å². The van der Waals surface area contributed by atoms with Gasteiger partial charge < -0.3 is 4.42 Å². The number of sulfonamides is 1. The first kappa shape index (κ1) is 17.5. The lowest BCUT2D eigenvalue weighted by Crippen LogP contribution is -2.41. The average Bonchev–Trinajstić information content (AvgIpc) is 3.20. The van der Waals surface area contributed by atoms with E-state index in [1.54, 1.807) is 18.4 Å². The molecular formula is C14H17BrN2O3S3. The first-order valence-electron chi connectivity index (χ1n) is 7.16. The Morgan fingerprint density at radius 3 is 2.70 bits per heavy atom. The fourth-order valence-corrected chi connectivity index (χ4v) is 6.51. The third kappa shape index (κ3) is 4.40. The zero-order valence-corrected chi connectivity index (χ0v) is 16.3. The van der Waals surface area contributed by atoms with Crippen molar-refractivity contribution < 1.29 is 12.8 Å². The molecule has 2 aromatic heterocycles. The van der Waals surface area contributed by atoms with Crippen molar-refractivity contribution in [2.24, 2.45) is 0 Å². The molecule has 3 heterocycles. The highest BCUT2D eigenvalue weighted by Gasteiger charge is 2.27. The summed E-state index contributed by atoms with van der Waals surface area (Å²) in [5.74, 6) is 2.91. The van der Waals surface area contributed by atoms with Crippen LogP contribution in [0.3, 0.4) is 0 Å². The topological polar surface area (TPSA) is 62.6 Å². The monoisotopic (exact) mass is 436 g/mol. The van der Waals surface area contributed by atoms with E-state index in [1.807, 2.05) is 23.9 Å². The van der Waals surface area contributed by atoms with Crippen LogP contribution < -0.4 is 4.72 Å². The van der Waals surface area contributed by atoms with Gasteiger partial charge in [0.25, 0.3) is 0 Å². The first-order valence-corrected chi connectivity index (χ1v) is 11.4. The van der Waals surface area contributed by atoms with E-state index >= 15 is 0 Å². The van der Waals surface area contributed by atoms with E-state index in [2.05, 4.69) is 25.6 Å². The van der Waals surface area contributed by atoms with Crippen LogP contribution in [0.15, 0.2) is 42.9 Å². The van der Waals surface area contributed by atoms with E-state index in [-0.39, 0.29) is 6.04 Å². The zero-order valence-electron chi connectivity index (χ0n) is 12.3. The van der Waals surface area contributed by atoms with Gasteiger partial charge >= 0.3 is 0 Å². The molecule has 0 aromatic carbocycles. The minimum Gasteiger partial charge on any atom is -0.468 e. The Balaban J connectivity index is 1.73. The van der Waals surface area contributed by atoms with Crippen molar-refractivity contribution in [2.75, 3.05) is 31.1 Å². The summed E-state index contributed by atoms with van der Waals surface area (Å²) in [6.45, 7) is 2.17. The molecule has 0 amide bonds. The second-order valence-electron chi connectivity index (χ2n) is 5.09. The molecule has 1 unspecified atom stereocenters. The van der Waals surface area contributed by atoms with Gasteiger partial charge in [-0.25, -0.2) is 13.1 Å². The van der Waals surface area contributed by atoms with Gasteiger partial charge in [-0.05, 0) is 40.2 Å². The SMILES string of the molecule is O=S(=O)(NCC(c1ccco1)N1CCSCC1)c1ccc(Br)s1. The summed E-state index contributed by atoms with van der Waals surface area (Å²) < 4.78 is 34.2. The fraction of sp³-hybridized carbons (Fsp3) is 0.429. The largest absolute Gasteiger partial charge is 0.468 e. The smallest absolute Gasteiger partial charge is 0.250 e. The number of hydrogen-bond donors (Lipinski definition) is 1. The van der Waals surface area contributed by atoms with Crippen LogP contribution in [0, 0.1) is 0 Å². The maximum atomic E-state index is 12.4. The van der Waals surface area contributed by atoms with Crippen LogP contribution in [0.1, 0.15) is 11.8 Å². The number of nitrogens with one attached hydrogen (secondary N) is 1. The molecule has 0 spiro atoms. The van der Waals surface area contributed by atoms with E-state index in [1.165, 1.54) is 11.3 Å². The Bertz CT molecular complexity index is 724. The van der Waals surface area contributed by atoms with Gasteiger partial charge in [0.15, 0.2) is 0 Å². The predicted molar refractivity (Wildman–Crippen MR) is 97.6 cm³/mol. The van der Waals surface area contributed by atoms with Crippen LogP contribution in [0.2, 0.25) is 0 Å². The lowest BCUT2D eigenvalue weighted by molar-refractivity contribution is 0.193. The van der Waals surface area contributed by atoms with Crippen LogP contribution in [0.4, 0.5) is 0 Å². The number of halogens is 1. The van der Waals surface area contributed by atoms with Gasteiger partial charge in [-0.2, -0.15) is 11.8 Å². The Kier molecular flexibility index (Phi) is 5.87. The summed E-state index contributed by atoms with van der Waals surface area (Å²) in [6, 6.07) is 7.01. The maximum Gasteiger partial charge on any atom is 0.250 e. The van der Waals surface area contributed by atoms with Gasteiger partial charge in [-0.1, -0.05) is 0 Å².